The number of piperazine rings is 1. The summed E-state index contributed by atoms with van der Waals surface area (Å²) in [5.74, 6) is -0.134. The molecule has 2 aromatic rings. The molecular weight excluding hydrogens is 440 g/mol. The van der Waals surface area contributed by atoms with Crippen LogP contribution >= 0.6 is 24.8 Å². The van der Waals surface area contributed by atoms with Crippen molar-refractivity contribution in [3.05, 3.63) is 41.6 Å². The van der Waals surface area contributed by atoms with E-state index in [1.807, 2.05) is 12.1 Å². The number of hydrogen-bond donors (Lipinski definition) is 2. The molecule has 166 valence electrons. The second kappa shape index (κ2) is 10.1. The van der Waals surface area contributed by atoms with Gasteiger partial charge < -0.3 is 10.6 Å². The van der Waals surface area contributed by atoms with Gasteiger partial charge in [-0.3, -0.25) is 14.7 Å². The molecule has 1 aromatic heterocycles. The third-order valence-corrected chi connectivity index (χ3v) is 5.40. The van der Waals surface area contributed by atoms with Gasteiger partial charge in [-0.1, -0.05) is 18.2 Å². The van der Waals surface area contributed by atoms with E-state index in [2.05, 4.69) is 15.6 Å². The zero-order valence-electron chi connectivity index (χ0n) is 16.2. The predicted octanol–water partition coefficient (Wildman–Crippen LogP) is 3.52. The predicted molar refractivity (Wildman–Crippen MR) is 115 cm³/mol. The van der Waals surface area contributed by atoms with Crippen LogP contribution in [0.15, 0.2) is 30.3 Å². The normalized spacial score (nSPS) is 18.2. The molecule has 2 aliphatic rings. The summed E-state index contributed by atoms with van der Waals surface area (Å²) in [6, 6.07) is 7.31. The molecule has 30 heavy (non-hydrogen) atoms. The van der Waals surface area contributed by atoms with Crippen LogP contribution in [0.5, 0.6) is 0 Å². The number of carbonyl (C=O) groups is 1. The maximum absolute atomic E-state index is 13.6. The van der Waals surface area contributed by atoms with Crippen molar-refractivity contribution in [2.75, 3.05) is 32.7 Å². The number of para-hydroxylation sites is 1. The molecule has 0 bridgehead atoms. The second-order valence-corrected chi connectivity index (χ2v) is 7.44. The van der Waals surface area contributed by atoms with Crippen LogP contribution in [-0.2, 0) is 0 Å². The van der Waals surface area contributed by atoms with Crippen molar-refractivity contribution < 1.29 is 18.0 Å². The Morgan fingerprint density at radius 3 is 2.50 bits per heavy atom. The van der Waals surface area contributed by atoms with Gasteiger partial charge in [-0.05, 0) is 25.0 Å². The molecule has 2 fully saturated rings. The topological polar surface area (TPSA) is 57.3 Å². The first-order valence-electron chi connectivity index (χ1n) is 9.63. The van der Waals surface area contributed by atoms with E-state index in [-0.39, 0.29) is 24.8 Å². The Kier molecular flexibility index (Phi) is 8.33. The van der Waals surface area contributed by atoms with Crippen molar-refractivity contribution >= 4 is 41.6 Å². The second-order valence-electron chi connectivity index (χ2n) is 7.44. The van der Waals surface area contributed by atoms with E-state index in [9.17, 15) is 18.0 Å². The number of rotatable bonds is 5. The molecule has 2 heterocycles. The van der Waals surface area contributed by atoms with Gasteiger partial charge in [0.15, 0.2) is 0 Å². The first-order chi connectivity index (χ1) is 13.4. The molecule has 5 nitrogen and oxygen atoms in total. The number of aromatic nitrogens is 1. The Bertz CT molecular complexity index is 871. The smallest absolute Gasteiger partial charge is 0.350 e. The van der Waals surface area contributed by atoms with Crippen LogP contribution in [0, 0.1) is 0 Å². The van der Waals surface area contributed by atoms with Crippen LogP contribution in [0.25, 0.3) is 10.9 Å². The number of benzene rings is 1. The minimum Gasteiger partial charge on any atom is -0.350 e. The van der Waals surface area contributed by atoms with Crippen molar-refractivity contribution in [2.24, 2.45) is 0 Å². The lowest BCUT2D eigenvalue weighted by Crippen LogP contribution is -2.57. The van der Waals surface area contributed by atoms with Gasteiger partial charge in [0, 0.05) is 49.7 Å². The van der Waals surface area contributed by atoms with Crippen LogP contribution < -0.4 is 10.6 Å². The highest BCUT2D eigenvalue weighted by Gasteiger charge is 2.44. The van der Waals surface area contributed by atoms with Crippen molar-refractivity contribution in [3.8, 4) is 0 Å². The van der Waals surface area contributed by atoms with Gasteiger partial charge in [0.1, 0.15) is 6.04 Å². The average Bonchev–Trinajstić information content (AvgIpc) is 3.52. The van der Waals surface area contributed by atoms with E-state index in [1.165, 1.54) is 4.90 Å². The number of halogens is 5. The molecule has 1 aromatic carbocycles. The van der Waals surface area contributed by atoms with E-state index in [0.29, 0.717) is 48.6 Å². The summed E-state index contributed by atoms with van der Waals surface area (Å²) in [4.78, 5) is 18.8. The van der Waals surface area contributed by atoms with Crippen molar-refractivity contribution in [2.45, 2.75) is 31.0 Å². The number of hydrogen-bond acceptors (Lipinski definition) is 4. The van der Waals surface area contributed by atoms with Gasteiger partial charge >= 0.3 is 6.18 Å². The minimum absolute atomic E-state index is 0. The first kappa shape index (κ1) is 24.7. The molecule has 0 radical (unpaired) electrons. The van der Waals surface area contributed by atoms with Gasteiger partial charge in [0.25, 0.3) is 5.91 Å². The van der Waals surface area contributed by atoms with Gasteiger partial charge in [-0.15, -0.1) is 24.8 Å². The van der Waals surface area contributed by atoms with Gasteiger partial charge in [-0.2, -0.15) is 13.2 Å². The van der Waals surface area contributed by atoms with Crippen LogP contribution in [-0.4, -0.2) is 60.7 Å². The summed E-state index contributed by atoms with van der Waals surface area (Å²) in [6.07, 6.45) is -2.33. The third kappa shape index (κ3) is 5.55. The molecule has 1 unspecified atom stereocenters. The lowest BCUT2D eigenvalue weighted by Gasteiger charge is -2.35. The molecule has 1 aliphatic carbocycles. The number of nitrogens with one attached hydrogen (secondary N) is 2. The van der Waals surface area contributed by atoms with Gasteiger partial charge in [0.2, 0.25) is 0 Å². The van der Waals surface area contributed by atoms with Crippen LogP contribution in [0.4, 0.5) is 13.2 Å². The molecular formula is C20H25Cl2F3N4O. The Labute approximate surface area is 185 Å². The van der Waals surface area contributed by atoms with Crippen LogP contribution in [0.2, 0.25) is 0 Å². The molecule has 1 atom stereocenters. The van der Waals surface area contributed by atoms with E-state index in [0.717, 1.165) is 18.5 Å². The fourth-order valence-electron chi connectivity index (χ4n) is 3.70. The fraction of sp³-hybridized carbons (Fsp3) is 0.500. The highest BCUT2D eigenvalue weighted by molar-refractivity contribution is 6.06. The molecule has 10 heteroatoms. The number of nitrogens with zero attached hydrogens (tertiary/aromatic N) is 2. The lowest BCUT2D eigenvalue weighted by molar-refractivity contribution is -0.183. The van der Waals surface area contributed by atoms with E-state index in [1.54, 1.807) is 18.2 Å². The molecule has 1 amide bonds. The van der Waals surface area contributed by atoms with Crippen molar-refractivity contribution in [1.29, 1.82) is 0 Å². The summed E-state index contributed by atoms with van der Waals surface area (Å²) in [6.45, 7) is 1.19. The third-order valence-electron chi connectivity index (χ3n) is 5.40. The van der Waals surface area contributed by atoms with Crippen LogP contribution in [0.1, 0.15) is 34.8 Å². The van der Waals surface area contributed by atoms with E-state index >= 15 is 0 Å². The number of alkyl halides is 3. The Hall–Kier alpha value is -1.61. The molecule has 1 saturated carbocycles. The lowest BCUT2D eigenvalue weighted by atomic mass is 10.0. The maximum Gasteiger partial charge on any atom is 0.405 e. The number of fused-ring (bicyclic) bond motifs is 1. The van der Waals surface area contributed by atoms with Gasteiger partial charge in [-0.25, -0.2) is 0 Å². The SMILES string of the molecule is Cl.Cl.O=C(NCC(N1CCNCC1)C(F)(F)F)c1cc(C2CC2)nc2ccccc12. The van der Waals surface area contributed by atoms with Crippen molar-refractivity contribution in [3.63, 3.8) is 0 Å². The molecule has 4 rings (SSSR count). The number of carbonyl (C=O) groups excluding carboxylic acids is 1. The molecule has 1 aliphatic heterocycles. The Morgan fingerprint density at radius 2 is 1.87 bits per heavy atom. The van der Waals surface area contributed by atoms with Gasteiger partial charge in [0.05, 0.1) is 11.1 Å². The summed E-state index contributed by atoms with van der Waals surface area (Å²) >= 11 is 0. The zero-order valence-corrected chi connectivity index (χ0v) is 17.9. The fourth-order valence-corrected chi connectivity index (χ4v) is 3.70. The highest BCUT2D eigenvalue weighted by atomic mass is 35.5. The Morgan fingerprint density at radius 1 is 1.20 bits per heavy atom. The summed E-state index contributed by atoms with van der Waals surface area (Å²) < 4.78 is 40.7. The molecule has 1 saturated heterocycles. The molecule has 0 spiro atoms. The molecule has 2 N–H and O–H groups in total. The number of pyridine rings is 1. The van der Waals surface area contributed by atoms with E-state index < -0.39 is 24.7 Å². The maximum atomic E-state index is 13.6. The summed E-state index contributed by atoms with van der Waals surface area (Å²) in [7, 11) is 0. The standard InChI is InChI=1S/C20H23F3N4O.2ClH/c21-20(22,23)18(27-9-7-24-8-10-27)12-25-19(28)15-11-17(13-5-6-13)26-16-4-2-1-3-14(15)16;;/h1-4,11,13,18,24H,5-10,12H2,(H,25,28);2*1H. The first-order valence-corrected chi connectivity index (χ1v) is 9.63. The zero-order chi connectivity index (χ0) is 19.7. The highest BCUT2D eigenvalue weighted by Crippen LogP contribution is 2.40. The van der Waals surface area contributed by atoms with Crippen molar-refractivity contribution in [1.82, 2.24) is 20.5 Å². The summed E-state index contributed by atoms with van der Waals surface area (Å²) in [5, 5.41) is 6.25. The number of amides is 1. The quantitative estimate of drug-likeness (QED) is 0.710. The largest absolute Gasteiger partial charge is 0.405 e. The monoisotopic (exact) mass is 464 g/mol. The van der Waals surface area contributed by atoms with E-state index in [4.69, 9.17) is 0 Å². The average molecular weight is 465 g/mol. The summed E-state index contributed by atoms with van der Waals surface area (Å²) in [5.41, 5.74) is 1.94. The Balaban J connectivity index is 0.00000160. The van der Waals surface area contributed by atoms with Crippen LogP contribution in [0.3, 0.4) is 0 Å². The minimum atomic E-state index is -4.40.